The zero-order valence-electron chi connectivity index (χ0n) is 92.3. The van der Waals surface area contributed by atoms with Crippen molar-refractivity contribution >= 4 is 48.4 Å². The van der Waals surface area contributed by atoms with E-state index >= 15 is 0 Å². The summed E-state index contributed by atoms with van der Waals surface area (Å²) in [6.07, 6.45) is 23.9. The van der Waals surface area contributed by atoms with Gasteiger partial charge in [0.05, 0.1) is 16.7 Å². The number of amidine groups is 1. The van der Waals surface area contributed by atoms with Crippen LogP contribution in [0, 0.1) is 11.3 Å². The van der Waals surface area contributed by atoms with Crippen molar-refractivity contribution in [3.63, 3.8) is 0 Å². The SMILES string of the molecule is CC(C)(C)OC(=O)N(CC1(C(N)=NO)CC1)[C@@H]1C[C@H]1c1ccccc1.CC(C)(C)OC(=O)NC1CCC(C(=O)O)CC1.CC(C)(C)OC(=O)NC1CCC(c2nc(C3(CN(C(=O)OC(C)(C)C)[C@@H]4C[C@H]4c4ccccc4)CC3)no2)CC1.CN(C(=O)OC(C)(C)C)C1CCC(c2nc(C3(CN(C(=O)OC(C)(C)C)[C@@H]4C[C@H]4c4ccccc4)CC3)no2)CC1.CNC1CCC(c2nc(C3(CN[C@@H]4C[C@H]4c4ccccc4)CC3)no2)CC1. The summed E-state index contributed by atoms with van der Waals surface area (Å²) >= 11 is 0. The van der Waals surface area contributed by atoms with E-state index in [0.717, 1.165) is 140 Å². The molecule has 3 aromatic heterocycles. The molecule has 12 saturated carbocycles. The Morgan fingerprint density at radius 3 is 1.01 bits per heavy atom. The van der Waals surface area contributed by atoms with Crippen molar-refractivity contribution in [2.75, 3.05) is 40.3 Å². The minimum Gasteiger partial charge on any atom is -0.481 e. The smallest absolute Gasteiger partial charge is 0.410 e. The minimum atomic E-state index is -0.735. The molecule has 6 amide bonds. The maximum atomic E-state index is 13.4. The summed E-state index contributed by atoms with van der Waals surface area (Å²) in [7, 11) is 3.88. The average Bonchev–Trinajstić information content (AvgIpc) is 1.58. The Morgan fingerprint density at radius 2 is 0.700 bits per heavy atom. The van der Waals surface area contributed by atoms with Crippen molar-refractivity contribution in [3.8, 4) is 0 Å². The molecule has 8 N–H and O–H groups in total. The predicted octanol–water partition coefficient (Wildman–Crippen LogP) is 22.2. The second-order valence-corrected chi connectivity index (χ2v) is 50.7. The van der Waals surface area contributed by atoms with Gasteiger partial charge in [0, 0.05) is 134 Å². The molecule has 0 saturated heterocycles. The second kappa shape index (κ2) is 46.6. The van der Waals surface area contributed by atoms with E-state index in [-0.39, 0.29) is 107 Å². The van der Waals surface area contributed by atoms with E-state index in [1.54, 1.807) is 9.80 Å². The Balaban J connectivity index is 0.000000144. The quantitative estimate of drug-likeness (QED) is 0.00787. The number of carboxylic acids is 1. The first-order valence-corrected chi connectivity index (χ1v) is 55.1. The number of benzene rings is 4. The Labute approximate surface area is 885 Å². The number of aromatic nitrogens is 6. The zero-order valence-corrected chi connectivity index (χ0v) is 92.3. The summed E-state index contributed by atoms with van der Waals surface area (Å²) in [5.74, 6) is 6.16. The number of ether oxygens (including phenoxy) is 6. The summed E-state index contributed by atoms with van der Waals surface area (Å²) < 4.78 is 50.7. The first-order valence-electron chi connectivity index (χ1n) is 55.1. The third-order valence-corrected chi connectivity index (χ3v) is 31.3. The largest absolute Gasteiger partial charge is 0.481 e. The first-order chi connectivity index (χ1) is 70.9. The van der Waals surface area contributed by atoms with E-state index in [9.17, 15) is 33.6 Å². The highest BCUT2D eigenvalue weighted by Crippen LogP contribution is 2.57. The third-order valence-electron chi connectivity index (χ3n) is 31.3. The van der Waals surface area contributed by atoms with Crippen molar-refractivity contribution in [2.24, 2.45) is 22.2 Å². The van der Waals surface area contributed by atoms with Crippen LogP contribution in [0.3, 0.4) is 0 Å². The second-order valence-electron chi connectivity index (χ2n) is 50.7. The van der Waals surface area contributed by atoms with Gasteiger partial charge >= 0.3 is 42.5 Å². The Kier molecular flexibility index (Phi) is 35.0. The maximum Gasteiger partial charge on any atom is 0.410 e. The summed E-state index contributed by atoms with van der Waals surface area (Å²) in [5, 5.41) is 47.3. The van der Waals surface area contributed by atoms with Crippen molar-refractivity contribution in [2.45, 2.75) is 444 Å². The number of hydrogen-bond acceptors (Lipinski definition) is 26. The standard InChI is InChI=1S/C32H46N4O5.C31H44N4O5.C22H30N4O.C19H27N3O3.C12H21NO4/c1-30(2,3)39-28(37)35(7)23-15-13-22(14-16-23)26-33-27(34-41-26)32(17-18-32)20-36(29(38)40-31(4,5)6)25-19-24(25)21-11-9-8-10-12-21;1-29(2,3)38-27(36)32-22-14-12-21(13-15-22)25-33-26(34-40-25)31(16-17-31)19-35(28(37)39-30(4,5)6)24-18-23(24)20-10-8-7-9-11-20;1-23-17-9-7-16(8-10-17)20-25-21(26-27-20)22(11-12-22)14-24-19-13-18(19)15-5-3-2-4-6-15;1-18(2,3)25-17(23)22(12-19(9-10-19)16(20)21-24)15-11-14(15)13-7-5-4-6-8-13;1-12(2,3)17-11(16)13-9-6-4-8(5-7-9)10(14)15/h8-12,22-25H,13-20H2,1-7H3;7-11,21-24H,12-19H2,1-6H3,(H,32,36);2-6,16-19,23-24H,7-14H2,1H3;4-8,14-15,24H,9-12H2,1-3H3,(H2,20,21);8-9H,4-7H2,1-3H3,(H,13,16)(H,14,15)/t22?,23?,24-,25+;21?,22?,23-,24+;16?,17?,18-,19+;14-,15+;/m0000./s1. The van der Waals surface area contributed by atoms with Crippen molar-refractivity contribution in [1.29, 1.82) is 0 Å². The zero-order chi connectivity index (χ0) is 108. The van der Waals surface area contributed by atoms with E-state index in [4.69, 9.17) is 73.0 Å². The number of alkyl carbamates (subject to hydrolysis) is 2. The van der Waals surface area contributed by atoms with Crippen LogP contribution in [0.15, 0.2) is 140 Å². The van der Waals surface area contributed by atoms with E-state index in [2.05, 4.69) is 128 Å². The summed E-state index contributed by atoms with van der Waals surface area (Å²) in [6.45, 7) is 36.2. The molecule has 12 fully saturated rings. The van der Waals surface area contributed by atoms with Gasteiger partial charge in [0.1, 0.15) is 39.4 Å². The monoisotopic (exact) mass is 2070 g/mol. The molecule has 150 heavy (non-hydrogen) atoms. The fourth-order valence-electron chi connectivity index (χ4n) is 21.6. The summed E-state index contributed by atoms with van der Waals surface area (Å²) in [4.78, 5) is 109. The summed E-state index contributed by atoms with van der Waals surface area (Å²) in [6, 6.07) is 43.7. The maximum absolute atomic E-state index is 13.4. The lowest BCUT2D eigenvalue weighted by atomic mass is 9.85. The van der Waals surface area contributed by atoms with Crippen molar-refractivity contribution in [3.05, 3.63) is 179 Å². The molecule has 12 aliphatic carbocycles. The molecule has 3 heterocycles. The lowest BCUT2D eigenvalue weighted by Gasteiger charge is -2.34. The molecular formula is C116H168N16O18. The van der Waals surface area contributed by atoms with Crippen molar-refractivity contribution in [1.82, 2.24) is 71.3 Å². The van der Waals surface area contributed by atoms with Crippen LogP contribution in [0.2, 0.25) is 0 Å². The number of nitrogens with two attached hydrogens (primary N) is 1. The Morgan fingerprint density at radius 1 is 0.393 bits per heavy atom. The number of rotatable bonds is 28. The van der Waals surface area contributed by atoms with Crippen LogP contribution in [0.4, 0.5) is 28.8 Å². The molecule has 8 atom stereocenters. The van der Waals surface area contributed by atoms with Crippen LogP contribution in [-0.2, 0) is 49.5 Å². The van der Waals surface area contributed by atoms with Crippen LogP contribution in [0.25, 0.3) is 0 Å². The Bertz CT molecular complexity index is 5650. The minimum absolute atomic E-state index is 0.0421. The average molecular weight is 2070 g/mol. The van der Waals surface area contributed by atoms with Gasteiger partial charge in [0.15, 0.2) is 17.5 Å². The van der Waals surface area contributed by atoms with Gasteiger partial charge < -0.3 is 98.9 Å². The number of nitrogens with one attached hydrogen (secondary N) is 4. The molecule has 820 valence electrons. The van der Waals surface area contributed by atoms with Gasteiger partial charge in [-0.15, -0.1) is 0 Å². The van der Waals surface area contributed by atoms with Crippen LogP contribution < -0.4 is 27.0 Å². The van der Waals surface area contributed by atoms with Gasteiger partial charge in [0.2, 0.25) is 17.7 Å². The van der Waals surface area contributed by atoms with Crippen LogP contribution in [0.1, 0.15) is 403 Å². The molecule has 0 bridgehead atoms. The molecule has 7 aromatic rings. The van der Waals surface area contributed by atoms with Crippen LogP contribution in [-0.4, -0.2) is 231 Å². The molecule has 19 rings (SSSR count). The highest BCUT2D eigenvalue weighted by atomic mass is 16.6. The van der Waals surface area contributed by atoms with Crippen LogP contribution >= 0.6 is 0 Å². The van der Waals surface area contributed by atoms with Gasteiger partial charge in [-0.1, -0.05) is 142 Å². The molecule has 0 unspecified atom stereocenters. The molecule has 34 heteroatoms. The number of carbonyl (C=O) groups excluding carboxylic acids is 6. The lowest BCUT2D eigenvalue weighted by Crippen LogP contribution is -2.45. The van der Waals surface area contributed by atoms with E-state index in [1.807, 2.05) is 184 Å². The molecule has 0 radical (unpaired) electrons. The van der Waals surface area contributed by atoms with Gasteiger partial charge in [-0.05, 0) is 334 Å². The molecule has 34 nitrogen and oxygen atoms in total. The Hall–Kier alpha value is -11.4. The van der Waals surface area contributed by atoms with Crippen LogP contribution in [0.5, 0.6) is 0 Å². The number of oxime groups is 1. The number of nitrogens with zero attached hydrogens (tertiary/aromatic N) is 11. The van der Waals surface area contributed by atoms with Gasteiger partial charge in [-0.25, -0.2) is 28.8 Å². The predicted molar refractivity (Wildman–Crippen MR) is 568 cm³/mol. The summed E-state index contributed by atoms with van der Waals surface area (Å²) in [5.41, 5.74) is 6.98. The fourth-order valence-corrected chi connectivity index (χ4v) is 21.6. The number of amides is 6. The third kappa shape index (κ3) is 31.4. The van der Waals surface area contributed by atoms with Gasteiger partial charge in [-0.2, -0.15) is 15.0 Å². The number of hydrogen-bond donors (Lipinski definition) is 7. The molecule has 0 aliphatic heterocycles. The number of aliphatic carboxylic acids is 1. The van der Waals surface area contributed by atoms with Gasteiger partial charge in [-0.3, -0.25) is 4.79 Å². The molecule has 4 aromatic carbocycles. The van der Waals surface area contributed by atoms with E-state index in [1.165, 1.54) is 54.4 Å². The lowest BCUT2D eigenvalue weighted by molar-refractivity contribution is -0.142. The fraction of sp³-hybridized carbons (Fsp3) is 0.672. The van der Waals surface area contributed by atoms with E-state index < -0.39 is 51.1 Å². The topological polar surface area (TPSA) is 432 Å². The first kappa shape index (κ1) is 113. The normalized spacial score (nSPS) is 26.3. The molecular weight excluding hydrogens is 1910 g/mol. The molecule has 12 aliphatic rings. The van der Waals surface area contributed by atoms with Gasteiger partial charge in [0.25, 0.3) is 0 Å². The highest BCUT2D eigenvalue weighted by Gasteiger charge is 2.60. The van der Waals surface area contributed by atoms with E-state index in [0.29, 0.717) is 110 Å². The molecule has 0 spiro atoms. The van der Waals surface area contributed by atoms with Crippen molar-refractivity contribution < 1.29 is 85.9 Å². The highest BCUT2D eigenvalue weighted by molar-refractivity contribution is 5.89. The number of carboxylic acid groups (broad SMARTS) is 1. The number of carbonyl (C=O) groups is 7.